The maximum absolute atomic E-state index is 11.0. The van der Waals surface area contributed by atoms with Crippen LogP contribution >= 0.6 is 0 Å². The Hall–Kier alpha value is -1.10. The molecule has 1 aliphatic heterocycles. The van der Waals surface area contributed by atoms with Gasteiger partial charge in [0.2, 0.25) is 5.91 Å². The standard InChI is InChI=1S/C11H18N2O3/c14-10-4-3-9(12-10)6-13(7-11(15)16)5-8-1-2-8/h8-9H,1-7H2,(H,12,14)(H,15,16). The van der Waals surface area contributed by atoms with Crippen LogP contribution < -0.4 is 5.32 Å². The fraction of sp³-hybridized carbons (Fsp3) is 0.818. The van der Waals surface area contributed by atoms with Gasteiger partial charge in [-0.1, -0.05) is 0 Å². The fourth-order valence-electron chi connectivity index (χ4n) is 2.19. The van der Waals surface area contributed by atoms with Crippen LogP contribution in [0.4, 0.5) is 0 Å². The number of carbonyl (C=O) groups is 2. The molecule has 5 nitrogen and oxygen atoms in total. The topological polar surface area (TPSA) is 69.6 Å². The summed E-state index contributed by atoms with van der Waals surface area (Å²) in [5.74, 6) is -0.0203. The van der Waals surface area contributed by atoms with Crippen molar-refractivity contribution in [2.45, 2.75) is 31.7 Å². The predicted molar refractivity (Wildman–Crippen MR) is 58.0 cm³/mol. The van der Waals surface area contributed by atoms with Gasteiger partial charge in [0.1, 0.15) is 0 Å². The number of hydrogen-bond donors (Lipinski definition) is 2. The summed E-state index contributed by atoms with van der Waals surface area (Å²) in [5, 5.41) is 11.7. The van der Waals surface area contributed by atoms with Crippen LogP contribution in [0.15, 0.2) is 0 Å². The van der Waals surface area contributed by atoms with E-state index in [4.69, 9.17) is 5.11 Å². The number of hydrogen-bond acceptors (Lipinski definition) is 3. The monoisotopic (exact) mass is 226 g/mol. The highest BCUT2D eigenvalue weighted by Gasteiger charge is 2.28. The molecule has 1 unspecified atom stereocenters. The third-order valence-electron chi connectivity index (χ3n) is 3.14. The second-order valence-electron chi connectivity index (χ2n) is 4.83. The molecule has 5 heteroatoms. The SMILES string of the molecule is O=C(O)CN(CC1CC1)CC1CCC(=O)N1. The molecule has 2 N–H and O–H groups in total. The Bertz CT molecular complexity index is 289. The number of rotatable bonds is 6. The van der Waals surface area contributed by atoms with Gasteiger partial charge < -0.3 is 10.4 Å². The summed E-state index contributed by atoms with van der Waals surface area (Å²) in [7, 11) is 0. The number of carboxylic acid groups (broad SMARTS) is 1. The Kier molecular flexibility index (Phi) is 3.43. The second-order valence-corrected chi connectivity index (χ2v) is 4.83. The normalized spacial score (nSPS) is 24.8. The van der Waals surface area contributed by atoms with Crippen LogP contribution in [-0.2, 0) is 9.59 Å². The fourth-order valence-corrected chi connectivity index (χ4v) is 2.19. The van der Waals surface area contributed by atoms with Crippen molar-refractivity contribution in [2.24, 2.45) is 5.92 Å². The summed E-state index contributed by atoms with van der Waals surface area (Å²) in [5.41, 5.74) is 0. The zero-order valence-electron chi connectivity index (χ0n) is 9.32. The molecule has 1 saturated heterocycles. The van der Waals surface area contributed by atoms with E-state index in [0.717, 1.165) is 13.0 Å². The lowest BCUT2D eigenvalue weighted by Gasteiger charge is -2.23. The second kappa shape index (κ2) is 4.82. The van der Waals surface area contributed by atoms with Crippen LogP contribution in [-0.4, -0.2) is 47.6 Å². The Morgan fingerprint density at radius 2 is 2.12 bits per heavy atom. The summed E-state index contributed by atoms with van der Waals surface area (Å²) in [6, 6.07) is 0.144. The van der Waals surface area contributed by atoms with Crippen molar-refractivity contribution in [1.82, 2.24) is 10.2 Å². The largest absolute Gasteiger partial charge is 0.480 e. The van der Waals surface area contributed by atoms with Crippen molar-refractivity contribution < 1.29 is 14.7 Å². The quantitative estimate of drug-likeness (QED) is 0.672. The molecule has 1 atom stereocenters. The lowest BCUT2D eigenvalue weighted by molar-refractivity contribution is -0.138. The summed E-state index contributed by atoms with van der Waals surface area (Å²) < 4.78 is 0. The van der Waals surface area contributed by atoms with E-state index < -0.39 is 5.97 Å². The first kappa shape index (κ1) is 11.4. The van der Waals surface area contributed by atoms with Gasteiger partial charge in [-0.15, -0.1) is 0 Å². The van der Waals surface area contributed by atoms with Crippen molar-refractivity contribution in [3.05, 3.63) is 0 Å². The third-order valence-corrected chi connectivity index (χ3v) is 3.14. The van der Waals surface area contributed by atoms with Crippen LogP contribution in [0.25, 0.3) is 0 Å². The molecule has 16 heavy (non-hydrogen) atoms. The molecule has 2 rings (SSSR count). The van der Waals surface area contributed by atoms with Crippen molar-refractivity contribution in [3.63, 3.8) is 0 Å². The van der Waals surface area contributed by atoms with Crippen molar-refractivity contribution in [3.8, 4) is 0 Å². The van der Waals surface area contributed by atoms with Gasteiger partial charge in [0.15, 0.2) is 0 Å². The summed E-state index contributed by atoms with van der Waals surface area (Å²) in [6.07, 6.45) is 3.84. The molecule has 1 heterocycles. The Balaban J connectivity index is 1.80. The van der Waals surface area contributed by atoms with E-state index >= 15 is 0 Å². The van der Waals surface area contributed by atoms with Gasteiger partial charge in [-0.05, 0) is 25.2 Å². The highest BCUT2D eigenvalue weighted by atomic mass is 16.4. The minimum absolute atomic E-state index is 0.0862. The number of aliphatic carboxylic acids is 1. The van der Waals surface area contributed by atoms with E-state index in [9.17, 15) is 9.59 Å². The van der Waals surface area contributed by atoms with Gasteiger partial charge in [-0.3, -0.25) is 14.5 Å². The molecule has 0 bridgehead atoms. The van der Waals surface area contributed by atoms with Crippen LogP contribution in [0.2, 0.25) is 0 Å². The zero-order valence-corrected chi connectivity index (χ0v) is 9.32. The van der Waals surface area contributed by atoms with Crippen molar-refractivity contribution >= 4 is 11.9 Å². The van der Waals surface area contributed by atoms with Crippen LogP contribution in [0, 0.1) is 5.92 Å². The smallest absolute Gasteiger partial charge is 0.317 e. The minimum Gasteiger partial charge on any atom is -0.480 e. The highest BCUT2D eigenvalue weighted by Crippen LogP contribution is 2.29. The molecule has 2 fully saturated rings. The number of carbonyl (C=O) groups excluding carboxylic acids is 1. The lowest BCUT2D eigenvalue weighted by Crippen LogP contribution is -2.41. The average Bonchev–Trinajstić information content (AvgIpc) is 2.89. The number of nitrogens with one attached hydrogen (secondary N) is 1. The van der Waals surface area contributed by atoms with Gasteiger partial charge in [-0.2, -0.15) is 0 Å². The van der Waals surface area contributed by atoms with Gasteiger partial charge in [0.25, 0.3) is 0 Å². The van der Waals surface area contributed by atoms with E-state index in [-0.39, 0.29) is 18.5 Å². The first-order valence-corrected chi connectivity index (χ1v) is 5.87. The van der Waals surface area contributed by atoms with Crippen molar-refractivity contribution in [2.75, 3.05) is 19.6 Å². The van der Waals surface area contributed by atoms with Crippen molar-refractivity contribution in [1.29, 1.82) is 0 Å². The molecule has 0 radical (unpaired) electrons. The van der Waals surface area contributed by atoms with Gasteiger partial charge in [0.05, 0.1) is 6.54 Å². The zero-order chi connectivity index (χ0) is 11.5. The summed E-state index contributed by atoms with van der Waals surface area (Å²) in [4.78, 5) is 23.7. The molecule has 0 aromatic rings. The number of amides is 1. The molecule has 0 aromatic carbocycles. The van der Waals surface area contributed by atoms with Crippen LogP contribution in [0.3, 0.4) is 0 Å². The van der Waals surface area contributed by atoms with Gasteiger partial charge in [0, 0.05) is 25.6 Å². The molecule has 1 amide bonds. The Morgan fingerprint density at radius 1 is 1.38 bits per heavy atom. The summed E-state index contributed by atoms with van der Waals surface area (Å²) >= 11 is 0. The average molecular weight is 226 g/mol. The highest BCUT2D eigenvalue weighted by molar-refractivity contribution is 5.78. The third kappa shape index (κ3) is 3.48. The first-order valence-electron chi connectivity index (χ1n) is 5.87. The van der Waals surface area contributed by atoms with Gasteiger partial charge in [-0.25, -0.2) is 0 Å². The maximum Gasteiger partial charge on any atom is 0.317 e. The number of nitrogens with zero attached hydrogens (tertiary/aromatic N) is 1. The molecule has 2 aliphatic rings. The number of carboxylic acids is 1. The molecule has 0 aromatic heterocycles. The van der Waals surface area contributed by atoms with E-state index in [1.807, 2.05) is 4.90 Å². The van der Waals surface area contributed by atoms with E-state index in [2.05, 4.69) is 5.32 Å². The predicted octanol–water partition coefficient (Wildman–Crippen LogP) is 0.0616. The first-order chi connectivity index (χ1) is 7.63. The molecule has 1 saturated carbocycles. The van der Waals surface area contributed by atoms with E-state index in [0.29, 0.717) is 18.9 Å². The van der Waals surface area contributed by atoms with Crippen LogP contribution in [0.5, 0.6) is 0 Å². The molecule has 1 aliphatic carbocycles. The molecular weight excluding hydrogens is 208 g/mol. The maximum atomic E-state index is 11.0. The van der Waals surface area contributed by atoms with E-state index in [1.165, 1.54) is 12.8 Å². The molecule has 90 valence electrons. The minimum atomic E-state index is -0.787. The lowest BCUT2D eigenvalue weighted by atomic mass is 10.2. The summed E-state index contributed by atoms with van der Waals surface area (Å²) in [6.45, 7) is 1.62. The van der Waals surface area contributed by atoms with Gasteiger partial charge >= 0.3 is 5.97 Å². The molecule has 0 spiro atoms. The molecular formula is C11H18N2O3. The van der Waals surface area contributed by atoms with E-state index in [1.54, 1.807) is 0 Å². The Morgan fingerprint density at radius 3 is 2.62 bits per heavy atom. The Labute approximate surface area is 94.8 Å². The van der Waals surface area contributed by atoms with Crippen LogP contribution in [0.1, 0.15) is 25.7 Å².